The molecule has 1 amide bonds. The van der Waals surface area contributed by atoms with Crippen LogP contribution in [0.15, 0.2) is 0 Å². The van der Waals surface area contributed by atoms with Gasteiger partial charge in [0, 0.05) is 25.4 Å². The first kappa shape index (κ1) is 14.2. The molecule has 3 saturated heterocycles. The van der Waals surface area contributed by atoms with Crippen molar-refractivity contribution < 1.29 is 22.8 Å². The summed E-state index contributed by atoms with van der Waals surface area (Å²) in [5, 5.41) is 1.43. The number of rotatable bonds is 3. The van der Waals surface area contributed by atoms with Gasteiger partial charge in [-0.05, 0) is 12.3 Å². The van der Waals surface area contributed by atoms with E-state index in [9.17, 15) is 13.2 Å². The van der Waals surface area contributed by atoms with E-state index in [0.717, 1.165) is 6.42 Å². The van der Waals surface area contributed by atoms with Crippen LogP contribution in [0.3, 0.4) is 0 Å². The number of ether oxygens (including phenoxy) is 1. The Kier molecular flexibility index (Phi) is 3.74. The molecule has 0 aromatic rings. The van der Waals surface area contributed by atoms with Gasteiger partial charge in [-0.2, -0.15) is 4.31 Å². The van der Waals surface area contributed by atoms with Crippen LogP contribution in [0.4, 0.5) is 0 Å². The summed E-state index contributed by atoms with van der Waals surface area (Å²) in [5.41, 5.74) is 0. The third-order valence-corrected chi connectivity index (χ3v) is 5.58. The van der Waals surface area contributed by atoms with E-state index < -0.39 is 10.0 Å². The Morgan fingerprint density at radius 3 is 2.80 bits per heavy atom. The molecular formula is C12H20N2O5S. The van der Waals surface area contributed by atoms with E-state index in [1.165, 1.54) is 15.6 Å². The summed E-state index contributed by atoms with van der Waals surface area (Å²) < 4.78 is 30.3. The second-order valence-electron chi connectivity index (χ2n) is 5.76. The first-order valence-corrected chi connectivity index (χ1v) is 8.80. The minimum absolute atomic E-state index is 0.0189. The number of sulfonamides is 1. The molecule has 0 spiro atoms. The highest BCUT2D eigenvalue weighted by molar-refractivity contribution is 7.88. The maximum Gasteiger partial charge on any atom is 0.246 e. The Labute approximate surface area is 118 Å². The van der Waals surface area contributed by atoms with Gasteiger partial charge in [0.1, 0.15) is 0 Å². The summed E-state index contributed by atoms with van der Waals surface area (Å²) in [6.45, 7) is 2.65. The van der Waals surface area contributed by atoms with E-state index in [2.05, 4.69) is 0 Å². The number of carbonyl (C=O) groups is 1. The molecule has 3 aliphatic rings. The summed E-state index contributed by atoms with van der Waals surface area (Å²) in [6.07, 6.45) is 2.40. The standard InChI is InChI=1S/C12H20N2O5S/c1-20(16,17)13-6-10-9(8-18-11(10)7-13)5-12(15)14-3-2-4-19-14/h9-11H,2-8H2,1H3/t9-,10-,11-/m1/s1. The lowest BCUT2D eigenvalue weighted by molar-refractivity contribution is -0.170. The largest absolute Gasteiger partial charge is 0.376 e. The Balaban J connectivity index is 1.60. The maximum atomic E-state index is 12.1. The molecule has 0 aliphatic carbocycles. The lowest BCUT2D eigenvalue weighted by atomic mass is 9.90. The van der Waals surface area contributed by atoms with Crippen LogP contribution in [0, 0.1) is 11.8 Å². The number of nitrogens with zero attached hydrogens (tertiary/aromatic N) is 2. The van der Waals surface area contributed by atoms with Crippen LogP contribution in [-0.4, -0.2) is 68.9 Å². The normalized spacial score (nSPS) is 34.6. The average molecular weight is 304 g/mol. The van der Waals surface area contributed by atoms with E-state index in [-0.39, 0.29) is 23.8 Å². The molecule has 0 unspecified atom stereocenters. The van der Waals surface area contributed by atoms with E-state index in [4.69, 9.17) is 9.57 Å². The molecule has 3 rings (SSSR count). The van der Waals surface area contributed by atoms with Crippen LogP contribution < -0.4 is 0 Å². The van der Waals surface area contributed by atoms with Gasteiger partial charge in [-0.3, -0.25) is 9.63 Å². The quantitative estimate of drug-likeness (QED) is 0.699. The predicted octanol–water partition coefficient (Wildman–Crippen LogP) is -0.553. The molecule has 3 heterocycles. The number of fused-ring (bicyclic) bond motifs is 1. The zero-order valence-electron chi connectivity index (χ0n) is 11.5. The van der Waals surface area contributed by atoms with Gasteiger partial charge in [-0.1, -0.05) is 0 Å². The highest BCUT2D eigenvalue weighted by Crippen LogP contribution is 2.36. The van der Waals surface area contributed by atoms with Gasteiger partial charge in [0.05, 0.1) is 32.1 Å². The highest BCUT2D eigenvalue weighted by atomic mass is 32.2. The second-order valence-corrected chi connectivity index (χ2v) is 7.74. The van der Waals surface area contributed by atoms with Crippen molar-refractivity contribution in [3.8, 4) is 0 Å². The van der Waals surface area contributed by atoms with Crippen LogP contribution in [0.25, 0.3) is 0 Å². The molecule has 3 aliphatic heterocycles. The van der Waals surface area contributed by atoms with Gasteiger partial charge >= 0.3 is 0 Å². The van der Waals surface area contributed by atoms with E-state index >= 15 is 0 Å². The topological polar surface area (TPSA) is 76.2 Å². The van der Waals surface area contributed by atoms with Gasteiger partial charge in [-0.15, -0.1) is 0 Å². The minimum atomic E-state index is -3.18. The summed E-state index contributed by atoms with van der Waals surface area (Å²) in [4.78, 5) is 17.3. The molecule has 7 nitrogen and oxygen atoms in total. The molecule has 0 aromatic heterocycles. The zero-order valence-corrected chi connectivity index (χ0v) is 12.3. The fourth-order valence-electron chi connectivity index (χ4n) is 3.21. The average Bonchev–Trinajstić information content (AvgIpc) is 3.03. The Morgan fingerprint density at radius 1 is 1.35 bits per heavy atom. The zero-order chi connectivity index (χ0) is 14.3. The number of carbonyl (C=O) groups excluding carboxylic acids is 1. The smallest absolute Gasteiger partial charge is 0.246 e. The van der Waals surface area contributed by atoms with Crippen molar-refractivity contribution in [2.24, 2.45) is 11.8 Å². The maximum absolute atomic E-state index is 12.1. The van der Waals surface area contributed by atoms with Gasteiger partial charge in [-0.25, -0.2) is 13.5 Å². The molecule has 0 aromatic carbocycles. The molecule has 3 atom stereocenters. The van der Waals surface area contributed by atoms with Crippen molar-refractivity contribution in [3.63, 3.8) is 0 Å². The van der Waals surface area contributed by atoms with Gasteiger partial charge < -0.3 is 4.74 Å². The van der Waals surface area contributed by atoms with Crippen LogP contribution in [0.2, 0.25) is 0 Å². The first-order chi connectivity index (χ1) is 9.45. The van der Waals surface area contributed by atoms with E-state index in [1.807, 2.05) is 0 Å². The van der Waals surface area contributed by atoms with E-state index in [0.29, 0.717) is 39.3 Å². The first-order valence-electron chi connectivity index (χ1n) is 6.95. The summed E-state index contributed by atoms with van der Waals surface area (Å²) >= 11 is 0. The third-order valence-electron chi connectivity index (χ3n) is 4.34. The molecular weight excluding hydrogens is 284 g/mol. The monoisotopic (exact) mass is 304 g/mol. The van der Waals surface area contributed by atoms with E-state index in [1.54, 1.807) is 0 Å². The lowest BCUT2D eigenvalue weighted by Gasteiger charge is -2.20. The fourth-order valence-corrected chi connectivity index (χ4v) is 4.08. The second kappa shape index (κ2) is 5.25. The number of hydrogen-bond acceptors (Lipinski definition) is 5. The van der Waals surface area contributed by atoms with Gasteiger partial charge in [0.2, 0.25) is 15.9 Å². The van der Waals surface area contributed by atoms with Gasteiger partial charge in [0.15, 0.2) is 0 Å². The molecule has 0 N–H and O–H groups in total. The van der Waals surface area contributed by atoms with Gasteiger partial charge in [0.25, 0.3) is 0 Å². The number of hydrogen-bond donors (Lipinski definition) is 0. The molecule has 8 heteroatoms. The molecule has 0 bridgehead atoms. The van der Waals surface area contributed by atoms with Crippen molar-refractivity contribution in [2.45, 2.75) is 18.9 Å². The van der Waals surface area contributed by atoms with Crippen molar-refractivity contribution in [1.82, 2.24) is 9.37 Å². The molecule has 20 heavy (non-hydrogen) atoms. The van der Waals surface area contributed by atoms with Crippen LogP contribution in [-0.2, 0) is 24.4 Å². The number of amides is 1. The fraction of sp³-hybridized carbons (Fsp3) is 0.917. The molecule has 3 fully saturated rings. The molecule has 0 saturated carbocycles. The summed E-state index contributed by atoms with van der Waals surface area (Å²) in [7, 11) is -3.18. The summed E-state index contributed by atoms with van der Waals surface area (Å²) in [6, 6.07) is 0. The van der Waals surface area contributed by atoms with Crippen LogP contribution in [0.1, 0.15) is 12.8 Å². The molecule has 114 valence electrons. The molecule has 0 radical (unpaired) electrons. The minimum Gasteiger partial charge on any atom is -0.376 e. The summed E-state index contributed by atoms with van der Waals surface area (Å²) in [5.74, 6) is 0.189. The van der Waals surface area contributed by atoms with Crippen molar-refractivity contribution in [2.75, 3.05) is 39.1 Å². The SMILES string of the molecule is CS(=O)(=O)N1C[C@@H]2[C@H](CC(=O)N3CCCO3)CO[C@@H]2C1. The predicted molar refractivity (Wildman–Crippen MR) is 70.0 cm³/mol. The van der Waals surface area contributed by atoms with Crippen LogP contribution in [0.5, 0.6) is 0 Å². The Bertz CT molecular complexity index is 488. The van der Waals surface area contributed by atoms with Crippen molar-refractivity contribution in [1.29, 1.82) is 0 Å². The number of hydroxylamine groups is 2. The Hall–Kier alpha value is -0.700. The van der Waals surface area contributed by atoms with Crippen molar-refractivity contribution in [3.05, 3.63) is 0 Å². The lowest BCUT2D eigenvalue weighted by Crippen LogP contribution is -2.32. The highest BCUT2D eigenvalue weighted by Gasteiger charge is 2.47. The van der Waals surface area contributed by atoms with Crippen LogP contribution >= 0.6 is 0 Å². The third kappa shape index (κ3) is 2.69. The van der Waals surface area contributed by atoms with Crippen molar-refractivity contribution >= 4 is 15.9 Å². The Morgan fingerprint density at radius 2 is 2.15 bits per heavy atom.